The van der Waals surface area contributed by atoms with Gasteiger partial charge in [-0.1, -0.05) is 6.07 Å². The molecule has 1 fully saturated rings. The van der Waals surface area contributed by atoms with Crippen LogP contribution in [-0.4, -0.2) is 51.2 Å². The number of piperidine rings is 1. The normalized spacial score (nSPS) is 17.6. The monoisotopic (exact) mass is 352 g/mol. The molecule has 1 aliphatic rings. The highest BCUT2D eigenvalue weighted by Gasteiger charge is 2.23. The zero-order valence-corrected chi connectivity index (χ0v) is 15.1. The highest BCUT2D eigenvalue weighted by atomic mass is 32.2. The smallest absolute Gasteiger partial charge is 0.211 e. The number of fused-ring (bicyclic) bond motifs is 1. The zero-order chi connectivity index (χ0) is 17.3. The Balaban J connectivity index is 1.89. The van der Waals surface area contributed by atoms with E-state index in [4.69, 9.17) is 5.73 Å². The standard InChI is InChI=1S/C17H26N4O2S/c1-19-24(22,23)10-7-12-3-4-15-14(11-12)16(17(18)20-15)13-5-8-21(2)9-6-13/h3-4,11,13,19-20H,5-10,18H2,1-2H3/i17+2. The zero-order valence-electron chi connectivity index (χ0n) is 14.3. The molecule has 0 atom stereocenters. The molecule has 0 radical (unpaired) electrons. The third-order valence-electron chi connectivity index (χ3n) is 5.03. The van der Waals surface area contributed by atoms with Crippen LogP contribution in [0.2, 0.25) is 0 Å². The number of rotatable bonds is 5. The van der Waals surface area contributed by atoms with Gasteiger partial charge in [-0.2, -0.15) is 0 Å². The summed E-state index contributed by atoms with van der Waals surface area (Å²) in [5, 5.41) is 1.14. The lowest BCUT2D eigenvalue weighted by Crippen LogP contribution is -2.29. The molecule has 1 aromatic heterocycles. The molecular weight excluding hydrogens is 326 g/mol. The van der Waals surface area contributed by atoms with Gasteiger partial charge in [-0.05, 0) is 70.1 Å². The Morgan fingerprint density at radius 3 is 2.75 bits per heavy atom. The number of nitrogens with zero attached hydrogens (tertiary/aromatic N) is 1. The molecule has 24 heavy (non-hydrogen) atoms. The van der Waals surface area contributed by atoms with Crippen LogP contribution in [0.1, 0.15) is 29.9 Å². The summed E-state index contributed by atoms with van der Waals surface area (Å²) < 4.78 is 25.6. The van der Waals surface area contributed by atoms with Gasteiger partial charge in [-0.3, -0.25) is 0 Å². The summed E-state index contributed by atoms with van der Waals surface area (Å²) in [5.41, 5.74) is 9.52. The highest BCUT2D eigenvalue weighted by Crippen LogP contribution is 2.37. The molecule has 132 valence electrons. The Morgan fingerprint density at radius 1 is 1.38 bits per heavy atom. The first-order chi connectivity index (χ1) is 11.4. The molecule has 0 aliphatic carbocycles. The van der Waals surface area contributed by atoms with Crippen LogP contribution in [0, 0.1) is 0 Å². The van der Waals surface area contributed by atoms with E-state index in [-0.39, 0.29) is 5.75 Å². The van der Waals surface area contributed by atoms with E-state index in [1.165, 1.54) is 12.6 Å². The van der Waals surface area contributed by atoms with E-state index in [9.17, 15) is 8.42 Å². The number of hydrogen-bond acceptors (Lipinski definition) is 4. The Labute approximate surface area is 143 Å². The van der Waals surface area contributed by atoms with Crippen molar-refractivity contribution in [3.05, 3.63) is 29.3 Å². The van der Waals surface area contributed by atoms with E-state index < -0.39 is 10.0 Å². The first kappa shape index (κ1) is 17.3. The summed E-state index contributed by atoms with van der Waals surface area (Å²) in [6.07, 6.45) is 2.70. The fraction of sp³-hybridized carbons (Fsp3) is 0.529. The summed E-state index contributed by atoms with van der Waals surface area (Å²) in [4.78, 5) is 5.62. The fourth-order valence-corrected chi connectivity index (χ4v) is 4.24. The summed E-state index contributed by atoms with van der Waals surface area (Å²) in [5.74, 6) is 1.31. The molecule has 0 spiro atoms. The number of aromatic nitrogens is 1. The number of nitrogens with one attached hydrogen (secondary N) is 2. The van der Waals surface area contributed by atoms with Crippen LogP contribution in [-0.2, 0) is 16.4 Å². The van der Waals surface area contributed by atoms with Gasteiger partial charge in [0.05, 0.1) is 5.75 Å². The summed E-state index contributed by atoms with van der Waals surface area (Å²) in [7, 11) is 0.405. The van der Waals surface area contributed by atoms with E-state index in [2.05, 4.69) is 27.7 Å². The van der Waals surface area contributed by atoms with Crippen LogP contribution < -0.4 is 10.5 Å². The molecule has 3 rings (SSSR count). The third-order valence-corrected chi connectivity index (χ3v) is 6.39. The van der Waals surface area contributed by atoms with Crippen molar-refractivity contribution in [2.45, 2.75) is 25.2 Å². The summed E-state index contributed by atoms with van der Waals surface area (Å²) in [6, 6.07) is 6.08. The van der Waals surface area contributed by atoms with Crippen LogP contribution in [0.25, 0.3) is 10.9 Å². The van der Waals surface area contributed by atoms with Crippen molar-refractivity contribution in [2.75, 3.05) is 38.7 Å². The second-order valence-corrected chi connectivity index (χ2v) is 8.73. The van der Waals surface area contributed by atoms with Gasteiger partial charge in [-0.25, -0.2) is 13.1 Å². The van der Waals surface area contributed by atoms with Gasteiger partial charge in [0.2, 0.25) is 10.0 Å². The number of aryl methyl sites for hydroxylation is 1. The van der Waals surface area contributed by atoms with Crippen LogP contribution in [0.4, 0.5) is 5.82 Å². The molecule has 1 saturated heterocycles. The predicted octanol–water partition coefficient (Wildman–Crippen LogP) is 1.65. The molecule has 2 heterocycles. The lowest BCUT2D eigenvalue weighted by atomic mass is 9.91. The summed E-state index contributed by atoms with van der Waals surface area (Å²) >= 11 is 0. The number of likely N-dealkylation sites (tertiary alicyclic amines) is 1. The first-order valence-corrected chi connectivity index (χ1v) is 10.0. The molecule has 6 nitrogen and oxygen atoms in total. The molecule has 0 unspecified atom stereocenters. The van der Waals surface area contributed by atoms with Crippen LogP contribution in [0.15, 0.2) is 18.2 Å². The maximum Gasteiger partial charge on any atom is 0.211 e. The topological polar surface area (TPSA) is 91.2 Å². The lowest BCUT2D eigenvalue weighted by Gasteiger charge is -2.29. The van der Waals surface area contributed by atoms with Crippen molar-refractivity contribution in [2.24, 2.45) is 0 Å². The quantitative estimate of drug-likeness (QED) is 0.763. The van der Waals surface area contributed by atoms with Gasteiger partial charge in [0, 0.05) is 16.5 Å². The number of benzene rings is 1. The van der Waals surface area contributed by atoms with Crippen molar-refractivity contribution in [3.63, 3.8) is 0 Å². The molecule has 0 bridgehead atoms. The Morgan fingerprint density at radius 2 is 2.08 bits per heavy atom. The number of nitrogens with two attached hydrogens (primary N) is 1. The largest absolute Gasteiger partial charge is 0.385 e. The number of hydrogen-bond donors (Lipinski definition) is 3. The second-order valence-electron chi connectivity index (χ2n) is 6.68. The van der Waals surface area contributed by atoms with E-state index in [0.29, 0.717) is 12.3 Å². The van der Waals surface area contributed by atoms with Crippen LogP contribution >= 0.6 is 0 Å². The molecule has 1 aliphatic heterocycles. The lowest BCUT2D eigenvalue weighted by molar-refractivity contribution is 0.256. The van der Waals surface area contributed by atoms with Gasteiger partial charge in [-0.15, -0.1) is 0 Å². The third kappa shape index (κ3) is 3.58. The van der Waals surface area contributed by atoms with E-state index >= 15 is 0 Å². The van der Waals surface area contributed by atoms with E-state index in [0.717, 1.165) is 48.2 Å². The Kier molecular flexibility index (Phi) is 4.85. The molecule has 0 saturated carbocycles. The highest BCUT2D eigenvalue weighted by molar-refractivity contribution is 7.89. The number of aromatic amines is 1. The maximum absolute atomic E-state index is 11.6. The Hall–Kier alpha value is -1.57. The molecule has 1 aromatic carbocycles. The van der Waals surface area contributed by atoms with Gasteiger partial charge in [0.15, 0.2) is 0 Å². The average molecular weight is 352 g/mol. The molecule has 4 N–H and O–H groups in total. The van der Waals surface area contributed by atoms with Crippen molar-refractivity contribution >= 4 is 26.7 Å². The molecule has 0 amide bonds. The maximum atomic E-state index is 11.6. The van der Waals surface area contributed by atoms with E-state index in [1.807, 2.05) is 12.1 Å². The number of H-pyrrole nitrogens is 1. The first-order valence-electron chi connectivity index (χ1n) is 8.39. The number of nitrogen functional groups attached to an aromatic ring is 1. The number of anilines is 1. The van der Waals surface area contributed by atoms with E-state index in [1.54, 1.807) is 0 Å². The molecular formula is C17H26N4O2S. The van der Waals surface area contributed by atoms with Crippen LogP contribution in [0.3, 0.4) is 0 Å². The SMILES string of the molecule is CNS(=O)(=O)CCc1ccc2[nH][14c](N)c(C3CCN(C)CC3)c2c1. The van der Waals surface area contributed by atoms with Gasteiger partial charge in [0.25, 0.3) is 0 Å². The van der Waals surface area contributed by atoms with Crippen LogP contribution in [0.5, 0.6) is 0 Å². The van der Waals surface area contributed by atoms with Crippen molar-refractivity contribution in [3.8, 4) is 0 Å². The minimum Gasteiger partial charge on any atom is -0.385 e. The Bertz CT molecular complexity index is 820. The predicted molar refractivity (Wildman–Crippen MR) is 98.7 cm³/mol. The second kappa shape index (κ2) is 6.74. The number of sulfonamides is 1. The van der Waals surface area contributed by atoms with Crippen molar-refractivity contribution < 1.29 is 8.42 Å². The minimum atomic E-state index is -3.19. The fourth-order valence-electron chi connectivity index (χ4n) is 3.53. The van der Waals surface area contributed by atoms with Gasteiger partial charge in [0.1, 0.15) is 5.82 Å². The molecule has 7 heteroatoms. The minimum absolute atomic E-state index is 0.0957. The van der Waals surface area contributed by atoms with Gasteiger partial charge < -0.3 is 15.6 Å². The average Bonchev–Trinajstić information content (AvgIpc) is 2.89. The summed E-state index contributed by atoms with van der Waals surface area (Å²) in [6.45, 7) is 2.16. The van der Waals surface area contributed by atoms with Crippen molar-refractivity contribution in [1.29, 1.82) is 0 Å². The van der Waals surface area contributed by atoms with Crippen molar-refractivity contribution in [1.82, 2.24) is 14.6 Å². The van der Waals surface area contributed by atoms with Gasteiger partial charge >= 0.3 is 0 Å². The molecule has 2 aromatic rings.